The molecule has 0 amide bonds. The first kappa shape index (κ1) is 13.6. The Labute approximate surface area is 147 Å². The molecule has 4 nitrogen and oxygen atoms in total. The van der Waals surface area contributed by atoms with Gasteiger partial charge in [0.2, 0.25) is 0 Å². The monoisotopic (exact) mass is 338 g/mol. The zero-order valence-corrected chi connectivity index (χ0v) is 13.7. The fourth-order valence-corrected chi connectivity index (χ4v) is 3.83. The van der Waals surface area contributed by atoms with E-state index < -0.39 is 0 Å². The van der Waals surface area contributed by atoms with Crippen LogP contribution >= 0.6 is 0 Å². The molecule has 26 heavy (non-hydrogen) atoms. The first-order chi connectivity index (χ1) is 12.7. The molecule has 124 valence electrons. The van der Waals surface area contributed by atoms with Gasteiger partial charge in [0, 0.05) is 45.1 Å². The summed E-state index contributed by atoms with van der Waals surface area (Å²) < 4.78 is 12.0. The maximum atomic E-state index is 6.02. The second-order valence-corrected chi connectivity index (χ2v) is 6.76. The predicted molar refractivity (Wildman–Crippen MR) is 107 cm³/mol. The van der Waals surface area contributed by atoms with Gasteiger partial charge < -0.3 is 20.3 Å². The molecule has 0 radical (unpaired) electrons. The van der Waals surface area contributed by atoms with Crippen molar-refractivity contribution in [1.29, 1.82) is 0 Å². The van der Waals surface area contributed by atoms with E-state index in [2.05, 4.69) is 24.3 Å². The zero-order valence-electron chi connectivity index (χ0n) is 13.7. The lowest BCUT2D eigenvalue weighted by molar-refractivity contribution is 0.668. The van der Waals surface area contributed by atoms with Crippen molar-refractivity contribution in [3.05, 3.63) is 60.7 Å². The lowest BCUT2D eigenvalue weighted by Gasteiger charge is -1.99. The second kappa shape index (κ2) is 4.49. The summed E-state index contributed by atoms with van der Waals surface area (Å²) in [5, 5.41) is 6.50. The minimum absolute atomic E-state index is 0.698. The van der Waals surface area contributed by atoms with Crippen LogP contribution in [0.5, 0.6) is 0 Å². The van der Waals surface area contributed by atoms with Crippen molar-refractivity contribution in [2.24, 2.45) is 0 Å². The minimum atomic E-state index is 0.698. The minimum Gasteiger partial charge on any atom is -0.456 e. The number of hydrogen-bond donors (Lipinski definition) is 2. The first-order valence-electron chi connectivity index (χ1n) is 8.43. The quantitative estimate of drug-likeness (QED) is 0.343. The molecule has 0 spiro atoms. The normalized spacial score (nSPS) is 12.2. The molecule has 0 saturated heterocycles. The third-order valence-electron chi connectivity index (χ3n) is 5.07. The number of hydrogen-bond acceptors (Lipinski definition) is 4. The highest BCUT2D eigenvalue weighted by Crippen LogP contribution is 2.37. The number of anilines is 2. The third kappa shape index (κ3) is 1.73. The van der Waals surface area contributed by atoms with Gasteiger partial charge in [0.15, 0.2) is 0 Å². The van der Waals surface area contributed by atoms with Crippen LogP contribution in [0.25, 0.3) is 54.6 Å². The summed E-state index contributed by atoms with van der Waals surface area (Å²) in [5.74, 6) is 0. The first-order valence-corrected chi connectivity index (χ1v) is 8.43. The van der Waals surface area contributed by atoms with E-state index in [1.54, 1.807) is 0 Å². The fraction of sp³-hybridized carbons (Fsp3) is 0. The maximum Gasteiger partial charge on any atom is 0.137 e. The van der Waals surface area contributed by atoms with Gasteiger partial charge in [-0.1, -0.05) is 0 Å². The van der Waals surface area contributed by atoms with Crippen molar-refractivity contribution in [3.8, 4) is 0 Å². The summed E-state index contributed by atoms with van der Waals surface area (Å²) in [6, 6.07) is 20.0. The van der Waals surface area contributed by atoms with Crippen LogP contribution in [0, 0.1) is 0 Å². The molecule has 2 heterocycles. The van der Waals surface area contributed by atoms with E-state index in [-0.39, 0.29) is 0 Å². The molecular formula is C22H14N2O2. The topological polar surface area (TPSA) is 78.3 Å². The molecule has 6 rings (SSSR count). The summed E-state index contributed by atoms with van der Waals surface area (Å²) in [4.78, 5) is 0. The lowest BCUT2D eigenvalue weighted by atomic mass is 10.0. The standard InChI is InChI=1S/C22H14N2O2/c23-13-1-3-15-17-5-11-8-20-18(16-4-2-14(24)10-22(16)26-20)6-12(11)7-19(17)25-21(15)9-13/h1-10H,23-24H2. The summed E-state index contributed by atoms with van der Waals surface area (Å²) in [7, 11) is 0. The molecule has 4 N–H and O–H groups in total. The zero-order chi connectivity index (χ0) is 17.4. The SMILES string of the molecule is Nc1ccc2c(c1)oc1cc3cc4c(cc3cc12)oc1cc(N)ccc14. The Kier molecular flexibility index (Phi) is 2.35. The van der Waals surface area contributed by atoms with E-state index >= 15 is 0 Å². The van der Waals surface area contributed by atoms with Crippen LogP contribution in [-0.4, -0.2) is 0 Å². The number of rotatable bonds is 0. The number of furan rings is 2. The van der Waals surface area contributed by atoms with Crippen LogP contribution in [0.4, 0.5) is 11.4 Å². The van der Waals surface area contributed by atoms with Gasteiger partial charge in [-0.25, -0.2) is 0 Å². The van der Waals surface area contributed by atoms with Crippen molar-refractivity contribution in [2.45, 2.75) is 0 Å². The van der Waals surface area contributed by atoms with Gasteiger partial charge >= 0.3 is 0 Å². The fourth-order valence-electron chi connectivity index (χ4n) is 3.83. The van der Waals surface area contributed by atoms with Crippen LogP contribution in [0.2, 0.25) is 0 Å². The molecule has 0 atom stereocenters. The number of nitrogens with two attached hydrogens (primary N) is 2. The van der Waals surface area contributed by atoms with E-state index in [4.69, 9.17) is 20.3 Å². The Bertz CT molecular complexity index is 1390. The van der Waals surface area contributed by atoms with Crippen LogP contribution < -0.4 is 11.5 Å². The Morgan fingerprint density at radius 3 is 1.35 bits per heavy atom. The molecule has 0 aliphatic heterocycles. The van der Waals surface area contributed by atoms with Crippen LogP contribution in [0.1, 0.15) is 0 Å². The largest absolute Gasteiger partial charge is 0.456 e. The lowest BCUT2D eigenvalue weighted by Crippen LogP contribution is -1.81. The van der Waals surface area contributed by atoms with Gasteiger partial charge in [-0.15, -0.1) is 0 Å². The maximum absolute atomic E-state index is 6.02. The number of nitrogen functional groups attached to an aromatic ring is 2. The van der Waals surface area contributed by atoms with Crippen molar-refractivity contribution in [1.82, 2.24) is 0 Å². The van der Waals surface area contributed by atoms with Crippen LogP contribution in [0.3, 0.4) is 0 Å². The molecule has 6 aromatic rings. The van der Waals surface area contributed by atoms with E-state index in [0.717, 1.165) is 54.6 Å². The van der Waals surface area contributed by atoms with Crippen LogP contribution in [-0.2, 0) is 0 Å². The molecule has 0 aliphatic rings. The summed E-state index contributed by atoms with van der Waals surface area (Å²) in [6.07, 6.45) is 0. The highest BCUT2D eigenvalue weighted by atomic mass is 16.3. The second-order valence-electron chi connectivity index (χ2n) is 6.76. The summed E-state index contributed by atoms with van der Waals surface area (Å²) >= 11 is 0. The van der Waals surface area contributed by atoms with Gasteiger partial charge in [-0.2, -0.15) is 0 Å². The van der Waals surface area contributed by atoms with Crippen molar-refractivity contribution < 1.29 is 8.83 Å². The molecule has 0 saturated carbocycles. The van der Waals surface area contributed by atoms with E-state index in [1.807, 2.05) is 36.4 Å². The Hall–Kier alpha value is -3.66. The number of benzene rings is 4. The van der Waals surface area contributed by atoms with Gasteiger partial charge in [-0.3, -0.25) is 0 Å². The van der Waals surface area contributed by atoms with E-state index in [1.165, 1.54) is 0 Å². The highest BCUT2D eigenvalue weighted by Gasteiger charge is 2.12. The molecule has 0 unspecified atom stereocenters. The Morgan fingerprint density at radius 1 is 0.462 bits per heavy atom. The molecule has 0 bridgehead atoms. The smallest absolute Gasteiger partial charge is 0.137 e. The molecule has 0 fully saturated rings. The molecule has 0 aliphatic carbocycles. The average Bonchev–Trinajstić information content (AvgIpc) is 3.13. The van der Waals surface area contributed by atoms with Gasteiger partial charge in [0.05, 0.1) is 0 Å². The average molecular weight is 338 g/mol. The van der Waals surface area contributed by atoms with Crippen molar-refractivity contribution >= 4 is 66.0 Å². The predicted octanol–water partition coefficient (Wildman–Crippen LogP) is 5.80. The van der Waals surface area contributed by atoms with E-state index in [9.17, 15) is 0 Å². The Morgan fingerprint density at radius 2 is 0.885 bits per heavy atom. The van der Waals surface area contributed by atoms with Gasteiger partial charge in [0.1, 0.15) is 22.3 Å². The van der Waals surface area contributed by atoms with Crippen molar-refractivity contribution in [2.75, 3.05) is 11.5 Å². The van der Waals surface area contributed by atoms with Crippen LogP contribution in [0.15, 0.2) is 69.5 Å². The van der Waals surface area contributed by atoms with E-state index in [0.29, 0.717) is 11.4 Å². The molecule has 2 aromatic heterocycles. The van der Waals surface area contributed by atoms with Crippen molar-refractivity contribution in [3.63, 3.8) is 0 Å². The summed E-state index contributed by atoms with van der Waals surface area (Å²) in [5.41, 5.74) is 16.5. The molecular weight excluding hydrogens is 324 g/mol. The van der Waals surface area contributed by atoms with Gasteiger partial charge in [-0.05, 0) is 59.3 Å². The number of fused-ring (bicyclic) bond motifs is 7. The highest BCUT2D eigenvalue weighted by molar-refractivity contribution is 6.15. The molecule has 4 aromatic carbocycles. The Balaban J connectivity index is 1.75. The molecule has 4 heteroatoms. The third-order valence-corrected chi connectivity index (χ3v) is 5.07. The van der Waals surface area contributed by atoms with Gasteiger partial charge in [0.25, 0.3) is 0 Å². The summed E-state index contributed by atoms with van der Waals surface area (Å²) in [6.45, 7) is 0.